The Morgan fingerprint density at radius 3 is 2.81 bits per heavy atom. The van der Waals surface area contributed by atoms with Crippen LogP contribution in [0.2, 0.25) is 0 Å². The molecule has 1 saturated heterocycles. The highest BCUT2D eigenvalue weighted by Crippen LogP contribution is 2.35. The molecule has 1 aliphatic heterocycles. The molecule has 1 fully saturated rings. The van der Waals surface area contributed by atoms with Crippen LogP contribution in [-0.2, 0) is 4.74 Å². The molecule has 0 radical (unpaired) electrons. The van der Waals surface area contributed by atoms with Crippen molar-refractivity contribution in [2.75, 3.05) is 25.1 Å². The van der Waals surface area contributed by atoms with Crippen molar-refractivity contribution in [2.45, 2.75) is 33.3 Å². The van der Waals surface area contributed by atoms with E-state index in [1.807, 2.05) is 7.11 Å². The number of aromatic nitrogens is 2. The molecule has 1 atom stereocenters. The molecule has 2 aromatic rings. The van der Waals surface area contributed by atoms with Gasteiger partial charge in [-0.15, -0.1) is 0 Å². The molecule has 4 heteroatoms. The summed E-state index contributed by atoms with van der Waals surface area (Å²) in [6.07, 6.45) is 3.02. The molecule has 0 amide bonds. The molecule has 0 aliphatic carbocycles. The lowest BCUT2D eigenvalue weighted by atomic mass is 9.81. The molecular weight excluding hydrogens is 262 g/mol. The summed E-state index contributed by atoms with van der Waals surface area (Å²) in [5, 5.41) is 1.14. The van der Waals surface area contributed by atoms with Gasteiger partial charge in [-0.25, -0.2) is 9.97 Å². The zero-order chi connectivity index (χ0) is 15.0. The van der Waals surface area contributed by atoms with Gasteiger partial charge in [-0.05, 0) is 25.0 Å². The van der Waals surface area contributed by atoms with Gasteiger partial charge in [0.1, 0.15) is 12.1 Å². The molecule has 1 unspecified atom stereocenters. The maximum Gasteiger partial charge on any atom is 0.139 e. The molecule has 0 N–H and O–H groups in total. The van der Waals surface area contributed by atoms with Crippen LogP contribution in [0.15, 0.2) is 24.5 Å². The third kappa shape index (κ3) is 2.48. The Kier molecular flexibility index (Phi) is 3.57. The van der Waals surface area contributed by atoms with Crippen LogP contribution < -0.4 is 4.90 Å². The normalized spacial score (nSPS) is 21.7. The number of hydrogen-bond acceptors (Lipinski definition) is 4. The Balaban J connectivity index is 2.00. The number of hydrogen-bond donors (Lipinski definition) is 0. The fourth-order valence-electron chi connectivity index (χ4n) is 3.43. The maximum atomic E-state index is 5.64. The van der Waals surface area contributed by atoms with E-state index in [0.717, 1.165) is 36.2 Å². The molecule has 2 heterocycles. The van der Waals surface area contributed by atoms with Crippen molar-refractivity contribution in [1.29, 1.82) is 0 Å². The Labute approximate surface area is 126 Å². The summed E-state index contributed by atoms with van der Waals surface area (Å²) in [5.74, 6) is 1.05. The van der Waals surface area contributed by atoms with Crippen molar-refractivity contribution in [2.24, 2.45) is 5.41 Å². The standard InChI is InChI=1S/C17H23N3O/c1-12-6-5-7-13-15(12)18-11-19-16(13)20-9-8-14(21-4)17(2,3)10-20/h5-7,11,14H,8-10H2,1-4H3. The molecule has 3 rings (SSSR count). The number of anilines is 1. The molecule has 4 nitrogen and oxygen atoms in total. The summed E-state index contributed by atoms with van der Waals surface area (Å²) in [6, 6.07) is 6.30. The summed E-state index contributed by atoms with van der Waals surface area (Å²) in [6.45, 7) is 8.55. The number of para-hydroxylation sites is 1. The van der Waals surface area contributed by atoms with Gasteiger partial charge >= 0.3 is 0 Å². The van der Waals surface area contributed by atoms with Gasteiger partial charge < -0.3 is 9.64 Å². The van der Waals surface area contributed by atoms with E-state index in [0.29, 0.717) is 6.10 Å². The fourth-order valence-corrected chi connectivity index (χ4v) is 3.43. The number of piperidine rings is 1. The quantitative estimate of drug-likeness (QED) is 0.849. The first kappa shape index (κ1) is 14.3. The molecular formula is C17H23N3O. The zero-order valence-corrected chi connectivity index (χ0v) is 13.3. The van der Waals surface area contributed by atoms with E-state index in [2.05, 4.69) is 53.8 Å². The van der Waals surface area contributed by atoms with Gasteiger partial charge in [-0.3, -0.25) is 0 Å². The summed E-state index contributed by atoms with van der Waals surface area (Å²) in [5.41, 5.74) is 2.37. The van der Waals surface area contributed by atoms with Gasteiger partial charge in [0, 0.05) is 31.0 Å². The topological polar surface area (TPSA) is 38.2 Å². The highest BCUT2D eigenvalue weighted by atomic mass is 16.5. The average molecular weight is 285 g/mol. The highest BCUT2D eigenvalue weighted by molar-refractivity contribution is 5.91. The fraction of sp³-hybridized carbons (Fsp3) is 0.529. The summed E-state index contributed by atoms with van der Waals surface area (Å²) in [4.78, 5) is 11.4. The van der Waals surface area contributed by atoms with Crippen molar-refractivity contribution >= 4 is 16.7 Å². The number of nitrogens with zero attached hydrogens (tertiary/aromatic N) is 3. The summed E-state index contributed by atoms with van der Waals surface area (Å²) < 4.78 is 5.64. The first-order chi connectivity index (χ1) is 10.0. The predicted octanol–water partition coefficient (Wildman–Crippen LogP) is 3.19. The predicted molar refractivity (Wildman–Crippen MR) is 85.7 cm³/mol. The van der Waals surface area contributed by atoms with Gasteiger partial charge in [0.2, 0.25) is 0 Å². The van der Waals surface area contributed by atoms with Crippen LogP contribution >= 0.6 is 0 Å². The third-order valence-corrected chi connectivity index (χ3v) is 4.56. The number of fused-ring (bicyclic) bond motifs is 1. The molecule has 112 valence electrons. The third-order valence-electron chi connectivity index (χ3n) is 4.56. The van der Waals surface area contributed by atoms with E-state index in [-0.39, 0.29) is 5.41 Å². The van der Waals surface area contributed by atoms with E-state index in [1.54, 1.807) is 6.33 Å². The van der Waals surface area contributed by atoms with Crippen LogP contribution in [0, 0.1) is 12.3 Å². The molecule has 0 bridgehead atoms. The smallest absolute Gasteiger partial charge is 0.139 e. The number of rotatable bonds is 2. The second kappa shape index (κ2) is 5.26. The lowest BCUT2D eigenvalue weighted by molar-refractivity contribution is -0.00638. The average Bonchev–Trinajstić information content (AvgIpc) is 2.46. The lowest BCUT2D eigenvalue weighted by Gasteiger charge is -2.44. The van der Waals surface area contributed by atoms with Crippen molar-refractivity contribution in [3.63, 3.8) is 0 Å². The minimum Gasteiger partial charge on any atom is -0.381 e. The van der Waals surface area contributed by atoms with E-state index >= 15 is 0 Å². The van der Waals surface area contributed by atoms with Crippen molar-refractivity contribution < 1.29 is 4.74 Å². The summed E-state index contributed by atoms with van der Waals surface area (Å²) >= 11 is 0. The van der Waals surface area contributed by atoms with E-state index in [1.165, 1.54) is 5.56 Å². The van der Waals surface area contributed by atoms with Crippen molar-refractivity contribution in [3.8, 4) is 0 Å². The number of benzene rings is 1. The first-order valence-corrected chi connectivity index (χ1v) is 7.51. The second-order valence-electron chi connectivity index (χ2n) is 6.59. The number of ether oxygens (including phenoxy) is 1. The van der Waals surface area contributed by atoms with Gasteiger partial charge in [0.05, 0.1) is 11.6 Å². The Morgan fingerprint density at radius 2 is 2.10 bits per heavy atom. The monoisotopic (exact) mass is 285 g/mol. The SMILES string of the molecule is COC1CCN(c2ncnc3c(C)cccc23)CC1(C)C. The molecule has 1 aromatic carbocycles. The summed E-state index contributed by atoms with van der Waals surface area (Å²) in [7, 11) is 1.81. The van der Waals surface area contributed by atoms with Crippen LogP contribution in [0.4, 0.5) is 5.82 Å². The molecule has 21 heavy (non-hydrogen) atoms. The van der Waals surface area contributed by atoms with Gasteiger partial charge in [0.25, 0.3) is 0 Å². The van der Waals surface area contributed by atoms with Crippen LogP contribution in [0.3, 0.4) is 0 Å². The minimum absolute atomic E-state index is 0.119. The molecule has 0 spiro atoms. The van der Waals surface area contributed by atoms with Gasteiger partial charge in [-0.1, -0.05) is 26.0 Å². The van der Waals surface area contributed by atoms with E-state index in [9.17, 15) is 0 Å². The van der Waals surface area contributed by atoms with Crippen LogP contribution in [-0.4, -0.2) is 36.3 Å². The largest absolute Gasteiger partial charge is 0.381 e. The van der Waals surface area contributed by atoms with Crippen LogP contribution in [0.25, 0.3) is 10.9 Å². The van der Waals surface area contributed by atoms with Gasteiger partial charge in [-0.2, -0.15) is 0 Å². The minimum atomic E-state index is 0.119. The number of methoxy groups -OCH3 is 1. The molecule has 1 aromatic heterocycles. The van der Waals surface area contributed by atoms with Crippen LogP contribution in [0.5, 0.6) is 0 Å². The lowest BCUT2D eigenvalue weighted by Crippen LogP contribution is -2.49. The maximum absolute atomic E-state index is 5.64. The molecule has 1 aliphatic rings. The van der Waals surface area contributed by atoms with E-state index in [4.69, 9.17) is 4.74 Å². The van der Waals surface area contributed by atoms with Crippen molar-refractivity contribution in [1.82, 2.24) is 9.97 Å². The van der Waals surface area contributed by atoms with Gasteiger partial charge in [0.15, 0.2) is 0 Å². The van der Waals surface area contributed by atoms with E-state index < -0.39 is 0 Å². The highest BCUT2D eigenvalue weighted by Gasteiger charge is 2.36. The first-order valence-electron chi connectivity index (χ1n) is 7.51. The second-order valence-corrected chi connectivity index (χ2v) is 6.59. The van der Waals surface area contributed by atoms with Crippen molar-refractivity contribution in [3.05, 3.63) is 30.1 Å². The Bertz CT molecular complexity index is 654. The Hall–Kier alpha value is -1.68. The molecule has 0 saturated carbocycles. The Morgan fingerprint density at radius 1 is 1.29 bits per heavy atom. The van der Waals surface area contributed by atoms with Crippen LogP contribution in [0.1, 0.15) is 25.8 Å². The number of aryl methyl sites for hydroxylation is 1. The zero-order valence-electron chi connectivity index (χ0n) is 13.3.